The fraction of sp³-hybridized carbons (Fsp3) is 0.636. The third-order valence-electron chi connectivity index (χ3n) is 2.67. The lowest BCUT2D eigenvalue weighted by atomic mass is 9.90. The first-order valence-electron chi connectivity index (χ1n) is 5.65. The zero-order chi connectivity index (χ0) is 12.5. The highest BCUT2D eigenvalue weighted by Crippen LogP contribution is 2.34. The van der Waals surface area contributed by atoms with E-state index < -0.39 is 0 Å². The van der Waals surface area contributed by atoms with E-state index in [2.05, 4.69) is 41.9 Å². The van der Waals surface area contributed by atoms with Gasteiger partial charge in [0.1, 0.15) is 11.8 Å². The van der Waals surface area contributed by atoms with Crippen LogP contribution in [-0.2, 0) is 10.2 Å². The van der Waals surface area contributed by atoms with Crippen molar-refractivity contribution in [3.05, 3.63) is 22.4 Å². The van der Waals surface area contributed by atoms with E-state index in [0.29, 0.717) is 0 Å². The molecule has 17 heavy (non-hydrogen) atoms. The second-order valence-corrected chi connectivity index (χ2v) is 5.86. The summed E-state index contributed by atoms with van der Waals surface area (Å²) in [7, 11) is 0. The number of aromatic nitrogens is 2. The van der Waals surface area contributed by atoms with Gasteiger partial charge >= 0.3 is 0 Å². The maximum Gasteiger partial charge on any atom is 0.116 e. The third-order valence-corrected chi connectivity index (χ3v) is 3.46. The summed E-state index contributed by atoms with van der Waals surface area (Å²) in [5, 5.41) is 4.22. The fourth-order valence-electron chi connectivity index (χ4n) is 1.83. The average molecular weight is 254 g/mol. The molecule has 0 radical (unpaired) electrons. The molecule has 1 aliphatic heterocycles. The number of hydrazine groups is 1. The lowest BCUT2D eigenvalue weighted by Gasteiger charge is -2.21. The molecule has 1 aromatic rings. The van der Waals surface area contributed by atoms with Crippen molar-refractivity contribution in [2.24, 2.45) is 5.84 Å². The van der Waals surface area contributed by atoms with Gasteiger partial charge in [-0.2, -0.15) is 0 Å². The molecule has 2 rings (SSSR count). The Bertz CT molecular complexity index is 421. The first kappa shape index (κ1) is 12.5. The first-order chi connectivity index (χ1) is 8.04. The first-order valence-corrected chi connectivity index (χ1v) is 6.43. The number of hydrogen-bond donors (Lipinski definition) is 2. The molecule has 0 fully saturated rings. The summed E-state index contributed by atoms with van der Waals surface area (Å²) in [6.45, 7) is 7.07. The Kier molecular flexibility index (Phi) is 3.46. The minimum atomic E-state index is -0.133. The van der Waals surface area contributed by atoms with Crippen molar-refractivity contribution in [1.29, 1.82) is 0 Å². The fourth-order valence-corrected chi connectivity index (χ4v) is 2.77. The lowest BCUT2D eigenvalue weighted by Crippen LogP contribution is -2.31. The number of nitrogens with two attached hydrogens (primary N) is 1. The van der Waals surface area contributed by atoms with Crippen LogP contribution >= 0.6 is 11.5 Å². The van der Waals surface area contributed by atoms with Gasteiger partial charge in [-0.05, 0) is 17.6 Å². The molecule has 1 aliphatic rings. The van der Waals surface area contributed by atoms with Gasteiger partial charge in [0.25, 0.3) is 0 Å². The van der Waals surface area contributed by atoms with Gasteiger partial charge in [0.2, 0.25) is 0 Å². The topological polar surface area (TPSA) is 73.1 Å². The summed E-state index contributed by atoms with van der Waals surface area (Å²) in [5.74, 6) is 6.51. The van der Waals surface area contributed by atoms with Gasteiger partial charge in [0.15, 0.2) is 0 Å². The summed E-state index contributed by atoms with van der Waals surface area (Å²) in [6, 6.07) is -0.133. The van der Waals surface area contributed by atoms with Crippen LogP contribution < -0.4 is 11.3 Å². The highest BCUT2D eigenvalue weighted by Gasteiger charge is 2.30. The van der Waals surface area contributed by atoms with E-state index in [1.54, 1.807) is 0 Å². The van der Waals surface area contributed by atoms with E-state index in [-0.39, 0.29) is 11.5 Å². The maximum absolute atomic E-state index is 5.64. The molecule has 94 valence electrons. The minimum absolute atomic E-state index is 0.0450. The van der Waals surface area contributed by atoms with Crippen molar-refractivity contribution in [1.82, 2.24) is 15.0 Å². The number of ether oxygens (including phenoxy) is 1. The smallest absolute Gasteiger partial charge is 0.116 e. The molecule has 6 heteroatoms. The molecular formula is C11H18N4OS. The molecule has 0 bridgehead atoms. The molecular weight excluding hydrogens is 236 g/mol. The lowest BCUT2D eigenvalue weighted by molar-refractivity contribution is 0.216. The zero-order valence-corrected chi connectivity index (χ0v) is 11.2. The van der Waals surface area contributed by atoms with Gasteiger partial charge < -0.3 is 4.74 Å². The number of nitrogens with zero attached hydrogens (tertiary/aromatic N) is 2. The summed E-state index contributed by atoms with van der Waals surface area (Å²) in [6.07, 6.45) is 3.00. The quantitative estimate of drug-likeness (QED) is 0.634. The molecule has 0 saturated heterocycles. The van der Waals surface area contributed by atoms with Crippen LogP contribution in [0, 0.1) is 0 Å². The SMILES string of the molecule is CC(C)(C)c1nnsc1C(NN)C1=CCCO1. The largest absolute Gasteiger partial charge is 0.496 e. The van der Waals surface area contributed by atoms with Crippen LogP contribution in [0.5, 0.6) is 0 Å². The van der Waals surface area contributed by atoms with Crippen LogP contribution in [-0.4, -0.2) is 16.2 Å². The molecule has 5 nitrogen and oxygen atoms in total. The van der Waals surface area contributed by atoms with Gasteiger partial charge in [-0.15, -0.1) is 5.10 Å². The van der Waals surface area contributed by atoms with Gasteiger partial charge in [-0.3, -0.25) is 5.84 Å². The Labute approximate surface area is 105 Å². The van der Waals surface area contributed by atoms with Crippen LogP contribution in [0.25, 0.3) is 0 Å². The Morgan fingerprint density at radius 3 is 2.82 bits per heavy atom. The zero-order valence-electron chi connectivity index (χ0n) is 10.4. The molecule has 0 saturated carbocycles. The van der Waals surface area contributed by atoms with Gasteiger partial charge in [-0.1, -0.05) is 25.3 Å². The predicted octanol–water partition coefficient (Wildman–Crippen LogP) is 1.64. The molecule has 1 aromatic heterocycles. The third kappa shape index (κ3) is 2.48. The Morgan fingerprint density at radius 1 is 1.53 bits per heavy atom. The number of nitrogens with one attached hydrogen (secondary N) is 1. The highest BCUT2D eigenvalue weighted by atomic mass is 32.1. The van der Waals surface area contributed by atoms with E-state index in [1.807, 2.05) is 0 Å². The van der Waals surface area contributed by atoms with Crippen LogP contribution in [0.15, 0.2) is 11.8 Å². The molecule has 0 aliphatic carbocycles. The molecule has 1 unspecified atom stereocenters. The second kappa shape index (κ2) is 4.72. The van der Waals surface area contributed by atoms with Crippen molar-refractivity contribution in [2.45, 2.75) is 38.6 Å². The molecule has 1 atom stereocenters. The molecule has 0 amide bonds. The maximum atomic E-state index is 5.64. The van der Waals surface area contributed by atoms with Crippen LogP contribution in [0.1, 0.15) is 43.8 Å². The highest BCUT2D eigenvalue weighted by molar-refractivity contribution is 7.05. The molecule has 2 heterocycles. The second-order valence-electron chi connectivity index (χ2n) is 5.08. The van der Waals surface area contributed by atoms with Crippen LogP contribution in [0.3, 0.4) is 0 Å². The molecule has 3 N–H and O–H groups in total. The summed E-state index contributed by atoms with van der Waals surface area (Å²) < 4.78 is 9.61. The van der Waals surface area contributed by atoms with E-state index in [1.165, 1.54) is 11.5 Å². The Morgan fingerprint density at radius 2 is 2.29 bits per heavy atom. The molecule has 0 aromatic carbocycles. The number of rotatable bonds is 3. The van der Waals surface area contributed by atoms with E-state index in [9.17, 15) is 0 Å². The Hall–Kier alpha value is -0.980. The van der Waals surface area contributed by atoms with E-state index in [4.69, 9.17) is 10.6 Å². The van der Waals surface area contributed by atoms with Crippen molar-refractivity contribution >= 4 is 11.5 Å². The van der Waals surface area contributed by atoms with Crippen molar-refractivity contribution < 1.29 is 4.74 Å². The normalized spacial score (nSPS) is 17.8. The summed E-state index contributed by atoms with van der Waals surface area (Å²) in [5.41, 5.74) is 3.72. The summed E-state index contributed by atoms with van der Waals surface area (Å²) >= 11 is 1.37. The average Bonchev–Trinajstić information content (AvgIpc) is 2.87. The van der Waals surface area contributed by atoms with Crippen molar-refractivity contribution in [3.8, 4) is 0 Å². The van der Waals surface area contributed by atoms with Gasteiger partial charge in [0.05, 0.1) is 17.2 Å². The van der Waals surface area contributed by atoms with Crippen LogP contribution in [0.2, 0.25) is 0 Å². The monoisotopic (exact) mass is 254 g/mol. The van der Waals surface area contributed by atoms with Crippen molar-refractivity contribution in [2.75, 3.05) is 6.61 Å². The van der Waals surface area contributed by atoms with E-state index >= 15 is 0 Å². The van der Waals surface area contributed by atoms with E-state index in [0.717, 1.165) is 29.4 Å². The van der Waals surface area contributed by atoms with Gasteiger partial charge in [-0.25, -0.2) is 5.43 Å². The number of hydrogen-bond acceptors (Lipinski definition) is 6. The van der Waals surface area contributed by atoms with Crippen LogP contribution in [0.4, 0.5) is 0 Å². The Balaban J connectivity index is 2.34. The predicted molar refractivity (Wildman–Crippen MR) is 67.3 cm³/mol. The van der Waals surface area contributed by atoms with Crippen molar-refractivity contribution in [3.63, 3.8) is 0 Å². The standard InChI is InChI=1S/C11H18N4OS/c1-11(2,3)10-9(17-15-14-10)8(13-12)7-5-4-6-16-7/h5,8,13H,4,6,12H2,1-3H3. The van der Waals surface area contributed by atoms with Gasteiger partial charge in [0, 0.05) is 11.8 Å². The molecule has 0 spiro atoms. The minimum Gasteiger partial charge on any atom is -0.496 e. The summed E-state index contributed by atoms with van der Waals surface area (Å²) in [4.78, 5) is 1.04.